The fourth-order valence-corrected chi connectivity index (χ4v) is 1.55. The SMILES string of the molecule is COC(=O)C1COCCN1CC(C)O. The molecule has 0 aliphatic carbocycles. The summed E-state index contributed by atoms with van der Waals surface area (Å²) in [6, 6.07) is -0.372. The first-order valence-corrected chi connectivity index (χ1v) is 4.73. The zero-order valence-electron chi connectivity index (χ0n) is 8.60. The highest BCUT2D eigenvalue weighted by atomic mass is 16.5. The molecule has 0 radical (unpaired) electrons. The second-order valence-corrected chi connectivity index (χ2v) is 3.46. The Morgan fingerprint density at radius 2 is 2.50 bits per heavy atom. The van der Waals surface area contributed by atoms with E-state index in [1.54, 1.807) is 6.92 Å². The Labute approximate surface area is 83.6 Å². The molecule has 1 N–H and O–H groups in total. The van der Waals surface area contributed by atoms with E-state index < -0.39 is 6.10 Å². The topological polar surface area (TPSA) is 59.0 Å². The number of rotatable bonds is 3. The summed E-state index contributed by atoms with van der Waals surface area (Å²) in [5.41, 5.74) is 0. The number of carbonyl (C=O) groups excluding carboxylic acids is 1. The first-order valence-electron chi connectivity index (χ1n) is 4.73. The molecule has 1 saturated heterocycles. The Morgan fingerprint density at radius 1 is 1.79 bits per heavy atom. The number of aliphatic hydroxyl groups is 1. The molecule has 5 nitrogen and oxygen atoms in total. The van der Waals surface area contributed by atoms with Crippen LogP contribution in [0, 0.1) is 0 Å². The van der Waals surface area contributed by atoms with Gasteiger partial charge in [0.15, 0.2) is 0 Å². The summed E-state index contributed by atoms with van der Waals surface area (Å²) in [5, 5.41) is 9.24. The molecule has 2 atom stereocenters. The molecule has 0 aromatic rings. The van der Waals surface area contributed by atoms with Gasteiger partial charge < -0.3 is 14.6 Å². The Hall–Kier alpha value is -0.650. The van der Waals surface area contributed by atoms with Gasteiger partial charge in [-0.05, 0) is 6.92 Å². The van der Waals surface area contributed by atoms with E-state index in [4.69, 9.17) is 4.74 Å². The summed E-state index contributed by atoms with van der Waals surface area (Å²) in [4.78, 5) is 13.2. The van der Waals surface area contributed by atoms with E-state index >= 15 is 0 Å². The van der Waals surface area contributed by atoms with Crippen LogP contribution in [-0.2, 0) is 14.3 Å². The summed E-state index contributed by atoms with van der Waals surface area (Å²) in [7, 11) is 1.36. The van der Waals surface area contributed by atoms with E-state index in [9.17, 15) is 9.90 Å². The highest BCUT2D eigenvalue weighted by Crippen LogP contribution is 2.08. The van der Waals surface area contributed by atoms with Crippen molar-refractivity contribution in [1.29, 1.82) is 0 Å². The van der Waals surface area contributed by atoms with Crippen molar-refractivity contribution >= 4 is 5.97 Å². The molecule has 14 heavy (non-hydrogen) atoms. The van der Waals surface area contributed by atoms with Crippen LogP contribution in [0.2, 0.25) is 0 Å². The largest absolute Gasteiger partial charge is 0.468 e. The van der Waals surface area contributed by atoms with Crippen molar-refractivity contribution < 1.29 is 19.4 Å². The lowest BCUT2D eigenvalue weighted by molar-refractivity contribution is -0.154. The van der Waals surface area contributed by atoms with Crippen LogP contribution in [0.15, 0.2) is 0 Å². The second kappa shape index (κ2) is 5.29. The van der Waals surface area contributed by atoms with Crippen LogP contribution >= 0.6 is 0 Å². The molecule has 1 aliphatic heterocycles. The maximum absolute atomic E-state index is 11.3. The van der Waals surface area contributed by atoms with Crippen molar-refractivity contribution in [2.24, 2.45) is 0 Å². The Bertz CT molecular complexity index is 195. The van der Waals surface area contributed by atoms with Crippen LogP contribution in [-0.4, -0.2) is 61.5 Å². The van der Waals surface area contributed by atoms with Crippen LogP contribution in [0.25, 0.3) is 0 Å². The molecule has 1 aliphatic rings. The predicted molar refractivity (Wildman–Crippen MR) is 49.9 cm³/mol. The van der Waals surface area contributed by atoms with Crippen LogP contribution in [0.5, 0.6) is 0 Å². The van der Waals surface area contributed by atoms with Crippen molar-refractivity contribution in [3.05, 3.63) is 0 Å². The minimum absolute atomic E-state index is 0.301. The van der Waals surface area contributed by atoms with Gasteiger partial charge in [-0.2, -0.15) is 0 Å². The summed E-state index contributed by atoms with van der Waals surface area (Å²) < 4.78 is 9.85. The lowest BCUT2D eigenvalue weighted by atomic mass is 10.2. The van der Waals surface area contributed by atoms with Crippen LogP contribution in [0.1, 0.15) is 6.92 Å². The Morgan fingerprint density at radius 3 is 3.07 bits per heavy atom. The van der Waals surface area contributed by atoms with E-state index in [-0.39, 0.29) is 12.0 Å². The normalized spacial score (nSPS) is 25.8. The number of nitrogens with zero attached hydrogens (tertiary/aromatic N) is 1. The molecule has 1 rings (SSSR count). The fourth-order valence-electron chi connectivity index (χ4n) is 1.55. The van der Waals surface area contributed by atoms with Crippen molar-refractivity contribution in [2.45, 2.75) is 19.1 Å². The summed E-state index contributed by atoms with van der Waals surface area (Å²) >= 11 is 0. The number of β-amino-alcohol motifs (C(OH)–C–C–N with tert-alkyl or cyclic N) is 1. The zero-order chi connectivity index (χ0) is 10.6. The molecular formula is C9H17NO4. The van der Waals surface area contributed by atoms with E-state index in [0.717, 1.165) is 0 Å². The first kappa shape index (κ1) is 11.4. The Balaban J connectivity index is 2.54. The van der Waals surface area contributed by atoms with Gasteiger partial charge in [-0.25, -0.2) is 0 Å². The van der Waals surface area contributed by atoms with Gasteiger partial charge in [0.1, 0.15) is 6.04 Å². The van der Waals surface area contributed by atoms with Crippen molar-refractivity contribution in [3.63, 3.8) is 0 Å². The van der Waals surface area contributed by atoms with E-state index in [0.29, 0.717) is 26.3 Å². The number of carbonyl (C=O) groups is 1. The lowest BCUT2D eigenvalue weighted by Crippen LogP contribution is -2.52. The van der Waals surface area contributed by atoms with Gasteiger partial charge in [0.05, 0.1) is 26.4 Å². The number of ether oxygens (including phenoxy) is 2. The molecule has 0 saturated carbocycles. The van der Waals surface area contributed by atoms with Crippen LogP contribution in [0.4, 0.5) is 0 Å². The highest BCUT2D eigenvalue weighted by Gasteiger charge is 2.30. The molecule has 0 bridgehead atoms. The van der Waals surface area contributed by atoms with E-state index in [1.807, 2.05) is 4.90 Å². The lowest BCUT2D eigenvalue weighted by Gasteiger charge is -2.34. The highest BCUT2D eigenvalue weighted by molar-refractivity contribution is 5.75. The van der Waals surface area contributed by atoms with Gasteiger partial charge >= 0.3 is 5.97 Å². The maximum Gasteiger partial charge on any atom is 0.325 e. The number of hydrogen-bond acceptors (Lipinski definition) is 5. The van der Waals surface area contributed by atoms with Gasteiger partial charge in [0.25, 0.3) is 0 Å². The third-order valence-corrected chi connectivity index (χ3v) is 2.21. The number of aliphatic hydroxyl groups excluding tert-OH is 1. The quantitative estimate of drug-likeness (QED) is 0.611. The van der Waals surface area contributed by atoms with Gasteiger partial charge in [-0.3, -0.25) is 9.69 Å². The minimum atomic E-state index is -0.444. The fraction of sp³-hybridized carbons (Fsp3) is 0.889. The molecule has 2 unspecified atom stereocenters. The van der Waals surface area contributed by atoms with Crippen LogP contribution in [0.3, 0.4) is 0 Å². The summed E-state index contributed by atoms with van der Waals surface area (Å²) in [5.74, 6) is -0.301. The van der Waals surface area contributed by atoms with E-state index in [2.05, 4.69) is 4.74 Å². The summed E-state index contributed by atoms with van der Waals surface area (Å²) in [6.07, 6.45) is -0.444. The summed E-state index contributed by atoms with van der Waals surface area (Å²) in [6.45, 7) is 3.78. The van der Waals surface area contributed by atoms with Crippen molar-refractivity contribution in [3.8, 4) is 0 Å². The number of morpholine rings is 1. The maximum atomic E-state index is 11.3. The standard InChI is InChI=1S/C9H17NO4/c1-7(11)5-10-3-4-14-6-8(10)9(12)13-2/h7-8,11H,3-6H2,1-2H3. The first-order chi connectivity index (χ1) is 6.65. The molecule has 0 amide bonds. The number of methoxy groups -OCH3 is 1. The Kier molecular flexibility index (Phi) is 4.31. The molecule has 0 spiro atoms. The molecule has 1 heterocycles. The molecule has 5 heteroatoms. The van der Waals surface area contributed by atoms with Crippen LogP contribution < -0.4 is 0 Å². The van der Waals surface area contributed by atoms with Crippen molar-refractivity contribution in [1.82, 2.24) is 4.90 Å². The smallest absolute Gasteiger partial charge is 0.325 e. The van der Waals surface area contributed by atoms with Crippen molar-refractivity contribution in [2.75, 3.05) is 33.4 Å². The van der Waals surface area contributed by atoms with E-state index in [1.165, 1.54) is 7.11 Å². The monoisotopic (exact) mass is 203 g/mol. The second-order valence-electron chi connectivity index (χ2n) is 3.46. The third kappa shape index (κ3) is 2.94. The predicted octanol–water partition coefficient (Wildman–Crippen LogP) is -0.759. The zero-order valence-corrected chi connectivity index (χ0v) is 8.60. The number of esters is 1. The average molecular weight is 203 g/mol. The molecule has 0 aromatic heterocycles. The van der Waals surface area contributed by atoms with Gasteiger partial charge in [0.2, 0.25) is 0 Å². The minimum Gasteiger partial charge on any atom is -0.468 e. The van der Waals surface area contributed by atoms with Gasteiger partial charge in [0, 0.05) is 13.1 Å². The number of hydrogen-bond donors (Lipinski definition) is 1. The molecular weight excluding hydrogens is 186 g/mol. The molecule has 82 valence electrons. The third-order valence-electron chi connectivity index (χ3n) is 2.21. The molecule has 1 fully saturated rings. The molecule has 0 aromatic carbocycles. The van der Waals surface area contributed by atoms with Gasteiger partial charge in [-0.1, -0.05) is 0 Å². The van der Waals surface area contributed by atoms with Gasteiger partial charge in [-0.15, -0.1) is 0 Å². The average Bonchev–Trinajstić information content (AvgIpc) is 2.16.